The van der Waals surface area contributed by atoms with Crippen LogP contribution in [-0.4, -0.2) is 73.1 Å². The summed E-state index contributed by atoms with van der Waals surface area (Å²) in [4.78, 5) is 23.9. The van der Waals surface area contributed by atoms with Crippen molar-refractivity contribution in [3.63, 3.8) is 0 Å². The zero-order valence-corrected chi connectivity index (χ0v) is 16.5. The summed E-state index contributed by atoms with van der Waals surface area (Å²) in [5, 5.41) is 59.8. The highest BCUT2D eigenvalue weighted by Crippen LogP contribution is 2.44. The molecule has 1 aliphatic heterocycles. The fourth-order valence-electron chi connectivity index (χ4n) is 3.79. The molecule has 168 valence electrons. The van der Waals surface area contributed by atoms with Gasteiger partial charge in [-0.1, -0.05) is 30.3 Å². The Morgan fingerprint density at radius 3 is 2.34 bits per heavy atom. The summed E-state index contributed by atoms with van der Waals surface area (Å²) < 4.78 is 10.4. The largest absolute Gasteiger partial charge is 0.504 e. The summed E-state index contributed by atoms with van der Waals surface area (Å²) in [6.07, 6.45) is -7.80. The molecule has 10 heteroatoms. The van der Waals surface area contributed by atoms with Gasteiger partial charge in [-0.25, -0.2) is 4.79 Å². The van der Waals surface area contributed by atoms with Gasteiger partial charge in [0.05, 0.1) is 5.56 Å². The zero-order valence-electron chi connectivity index (χ0n) is 16.5. The average molecular weight is 444 g/mol. The Hall–Kier alpha value is -3.44. The number of aromatic hydroxyl groups is 2. The van der Waals surface area contributed by atoms with Crippen LogP contribution < -0.4 is 4.74 Å². The topological polar surface area (TPSA) is 174 Å². The van der Waals surface area contributed by atoms with E-state index in [2.05, 4.69) is 0 Å². The lowest BCUT2D eigenvalue weighted by atomic mass is 9.86. The minimum absolute atomic E-state index is 0.112. The Bertz CT molecular complexity index is 1090. The number of phenols is 2. The quantitative estimate of drug-likeness (QED) is 0.357. The van der Waals surface area contributed by atoms with Crippen molar-refractivity contribution in [3.05, 3.63) is 59.2 Å². The van der Waals surface area contributed by atoms with Crippen LogP contribution in [0.15, 0.2) is 42.5 Å². The molecule has 6 N–H and O–H groups in total. The maximum atomic E-state index is 12.6. The lowest BCUT2D eigenvalue weighted by molar-refractivity contribution is -0.271. The van der Waals surface area contributed by atoms with Crippen molar-refractivity contribution in [2.45, 2.75) is 37.1 Å². The number of ether oxygens (including phenoxy) is 2. The predicted molar refractivity (Wildman–Crippen MR) is 107 cm³/mol. The number of hydrogen-bond acceptors (Lipinski definition) is 9. The number of allylic oxidation sites excluding steroid dienone is 2. The van der Waals surface area contributed by atoms with Crippen molar-refractivity contribution in [1.29, 1.82) is 0 Å². The second kappa shape index (κ2) is 8.24. The first kappa shape index (κ1) is 21.8. The Morgan fingerprint density at radius 1 is 1.00 bits per heavy atom. The van der Waals surface area contributed by atoms with E-state index in [-0.39, 0.29) is 12.0 Å². The third-order valence-electron chi connectivity index (χ3n) is 5.45. The Morgan fingerprint density at radius 2 is 1.69 bits per heavy atom. The maximum Gasteiger partial charge on any atom is 0.335 e. The highest BCUT2D eigenvalue weighted by atomic mass is 16.7. The minimum atomic E-state index is -1.91. The SMILES string of the molecule is O=C1C=C(c2ccccc2)Cc2cc(O[C@@H]3O[C@H](C(=O)O)[C@@H](O)[C@H](O)[C@H]3O)c(O)c(O)c21. The molecule has 0 aromatic heterocycles. The molecular weight excluding hydrogens is 424 g/mol. The second-order valence-electron chi connectivity index (χ2n) is 7.54. The van der Waals surface area contributed by atoms with Gasteiger partial charge in [-0.2, -0.15) is 0 Å². The molecule has 4 rings (SSSR count). The van der Waals surface area contributed by atoms with Crippen molar-refractivity contribution in [2.75, 3.05) is 0 Å². The van der Waals surface area contributed by atoms with Gasteiger partial charge in [0.2, 0.25) is 12.0 Å². The van der Waals surface area contributed by atoms with Crippen LogP contribution in [-0.2, 0) is 16.0 Å². The van der Waals surface area contributed by atoms with Crippen LogP contribution in [0.25, 0.3) is 5.57 Å². The van der Waals surface area contributed by atoms with Crippen molar-refractivity contribution in [2.24, 2.45) is 0 Å². The summed E-state index contributed by atoms with van der Waals surface area (Å²) >= 11 is 0. The van der Waals surface area contributed by atoms with E-state index in [1.54, 1.807) is 12.1 Å². The number of aliphatic carboxylic acids is 1. The van der Waals surface area contributed by atoms with Gasteiger partial charge in [0.1, 0.15) is 18.3 Å². The molecule has 2 aliphatic rings. The van der Waals surface area contributed by atoms with E-state index in [0.717, 1.165) is 5.56 Å². The maximum absolute atomic E-state index is 12.6. The third kappa shape index (κ3) is 3.69. The van der Waals surface area contributed by atoms with Crippen molar-refractivity contribution in [1.82, 2.24) is 0 Å². The standard InChI is InChI=1S/C22H20O10/c23-12-7-10(9-4-2-1-3-5-9)6-11-8-13(15(24)16(25)14(11)12)31-22-19(28)17(26)18(27)20(32-22)21(29)30/h1-5,7-8,17-20,22,24-28H,6H2,(H,29,30)/t17-,18-,19+,20-,22+/m0/s1. The van der Waals surface area contributed by atoms with E-state index in [1.165, 1.54) is 12.1 Å². The Balaban J connectivity index is 1.67. The van der Waals surface area contributed by atoms with Crippen molar-refractivity contribution in [3.8, 4) is 17.2 Å². The summed E-state index contributed by atoms with van der Waals surface area (Å²) in [6, 6.07) is 10.3. The van der Waals surface area contributed by atoms with Gasteiger partial charge in [-0.05, 0) is 35.3 Å². The van der Waals surface area contributed by atoms with Gasteiger partial charge in [0.25, 0.3) is 0 Å². The summed E-state index contributed by atoms with van der Waals surface area (Å²) in [6.45, 7) is 0. The van der Waals surface area contributed by atoms with Crippen LogP contribution >= 0.6 is 0 Å². The normalized spacial score (nSPS) is 27.4. The average Bonchev–Trinajstić information content (AvgIpc) is 2.77. The molecule has 10 nitrogen and oxygen atoms in total. The van der Waals surface area contributed by atoms with E-state index >= 15 is 0 Å². The highest BCUT2D eigenvalue weighted by molar-refractivity contribution is 6.14. The third-order valence-corrected chi connectivity index (χ3v) is 5.45. The Labute approximate surface area is 181 Å². The molecule has 32 heavy (non-hydrogen) atoms. The van der Waals surface area contributed by atoms with Crippen molar-refractivity contribution < 1.29 is 49.7 Å². The highest BCUT2D eigenvalue weighted by Gasteiger charge is 2.48. The van der Waals surface area contributed by atoms with Gasteiger partial charge < -0.3 is 40.1 Å². The molecule has 0 amide bonds. The summed E-state index contributed by atoms with van der Waals surface area (Å²) in [5.74, 6) is -4.09. The molecule has 0 radical (unpaired) electrons. The van der Waals surface area contributed by atoms with Gasteiger partial charge in [0, 0.05) is 0 Å². The number of carboxylic acid groups (broad SMARTS) is 1. The molecule has 1 saturated heterocycles. The van der Waals surface area contributed by atoms with Gasteiger partial charge in [0.15, 0.2) is 23.4 Å². The molecule has 2 aromatic rings. The molecule has 0 unspecified atom stereocenters. The minimum Gasteiger partial charge on any atom is -0.504 e. The Kier molecular flexibility index (Phi) is 5.61. The van der Waals surface area contributed by atoms with Gasteiger partial charge >= 0.3 is 5.97 Å². The number of hydrogen-bond donors (Lipinski definition) is 6. The molecule has 1 fully saturated rings. The van der Waals surface area contributed by atoms with Crippen molar-refractivity contribution >= 4 is 17.3 Å². The number of benzene rings is 2. The van der Waals surface area contributed by atoms with E-state index in [9.17, 15) is 35.1 Å². The van der Waals surface area contributed by atoms with Crippen LogP contribution in [0.5, 0.6) is 17.2 Å². The lowest BCUT2D eigenvalue weighted by Crippen LogP contribution is -2.61. The molecular formula is C22H20O10. The van der Waals surface area contributed by atoms with E-state index in [1.807, 2.05) is 18.2 Å². The first-order valence-electron chi connectivity index (χ1n) is 9.66. The number of carboxylic acids is 1. The first-order valence-corrected chi connectivity index (χ1v) is 9.66. The number of ketones is 1. The number of aliphatic hydroxyl groups excluding tert-OH is 3. The predicted octanol–water partition coefficient (Wildman–Crippen LogP) is 0.191. The summed E-state index contributed by atoms with van der Waals surface area (Å²) in [7, 11) is 0. The van der Waals surface area contributed by atoms with Crippen LogP contribution in [0.2, 0.25) is 0 Å². The number of carbonyl (C=O) groups excluding carboxylic acids is 1. The summed E-state index contributed by atoms with van der Waals surface area (Å²) in [5.41, 5.74) is 1.66. The molecule has 0 bridgehead atoms. The molecule has 0 saturated carbocycles. The van der Waals surface area contributed by atoms with Crippen LogP contribution in [0.4, 0.5) is 0 Å². The number of phenolic OH excluding ortho intramolecular Hbond substituents is 2. The van der Waals surface area contributed by atoms with E-state index < -0.39 is 59.7 Å². The fraction of sp³-hybridized carbons (Fsp3) is 0.273. The number of rotatable bonds is 4. The lowest BCUT2D eigenvalue weighted by Gasteiger charge is -2.38. The molecule has 1 heterocycles. The van der Waals surface area contributed by atoms with Crippen LogP contribution in [0.3, 0.4) is 0 Å². The fourth-order valence-corrected chi connectivity index (χ4v) is 3.79. The molecule has 1 aliphatic carbocycles. The smallest absolute Gasteiger partial charge is 0.335 e. The number of carbonyl (C=O) groups is 2. The zero-order chi connectivity index (χ0) is 23.2. The van der Waals surface area contributed by atoms with Crippen LogP contribution in [0.1, 0.15) is 21.5 Å². The number of aliphatic hydroxyl groups is 3. The van der Waals surface area contributed by atoms with Gasteiger partial charge in [-0.15, -0.1) is 0 Å². The van der Waals surface area contributed by atoms with Crippen LogP contribution in [0, 0.1) is 0 Å². The molecule has 2 aromatic carbocycles. The van der Waals surface area contributed by atoms with Gasteiger partial charge in [-0.3, -0.25) is 4.79 Å². The van der Waals surface area contributed by atoms with E-state index in [0.29, 0.717) is 11.1 Å². The molecule has 0 spiro atoms. The molecule has 5 atom stereocenters. The number of fused-ring (bicyclic) bond motifs is 1. The monoisotopic (exact) mass is 444 g/mol. The van der Waals surface area contributed by atoms with E-state index in [4.69, 9.17) is 14.6 Å². The second-order valence-corrected chi connectivity index (χ2v) is 7.54. The first-order chi connectivity index (χ1) is 15.2.